The molecule has 0 aliphatic carbocycles. The molecule has 0 bridgehead atoms. The van der Waals surface area contributed by atoms with E-state index in [1.54, 1.807) is 0 Å². The summed E-state index contributed by atoms with van der Waals surface area (Å²) in [5.41, 5.74) is 6.71. The first kappa shape index (κ1) is 12.1. The van der Waals surface area contributed by atoms with Crippen LogP contribution in [0.4, 0.5) is 0 Å². The predicted molar refractivity (Wildman–Crippen MR) is 65.6 cm³/mol. The smallest absolute Gasteiger partial charge is 0.0740 e. The van der Waals surface area contributed by atoms with Crippen LogP contribution >= 0.6 is 12.2 Å². The zero-order chi connectivity index (χ0) is 11.3. The van der Waals surface area contributed by atoms with E-state index < -0.39 is 0 Å². The van der Waals surface area contributed by atoms with E-state index in [2.05, 4.69) is 16.9 Å². The molecule has 0 saturated carbocycles. The van der Waals surface area contributed by atoms with Gasteiger partial charge < -0.3 is 5.73 Å². The molecule has 0 amide bonds. The van der Waals surface area contributed by atoms with E-state index in [-0.39, 0.29) is 0 Å². The summed E-state index contributed by atoms with van der Waals surface area (Å²) < 4.78 is 1.82. The highest BCUT2D eigenvalue weighted by molar-refractivity contribution is 7.80. The van der Waals surface area contributed by atoms with E-state index in [1.165, 1.54) is 5.56 Å². The molecule has 0 spiro atoms. The van der Waals surface area contributed by atoms with Gasteiger partial charge in [0.25, 0.3) is 0 Å². The van der Waals surface area contributed by atoms with Crippen molar-refractivity contribution in [3.63, 3.8) is 0 Å². The van der Waals surface area contributed by atoms with Crippen molar-refractivity contribution in [3.8, 4) is 0 Å². The van der Waals surface area contributed by atoms with E-state index in [0.717, 1.165) is 26.1 Å². The van der Waals surface area contributed by atoms with Crippen LogP contribution in [-0.2, 0) is 13.6 Å². The van der Waals surface area contributed by atoms with Gasteiger partial charge in [0.15, 0.2) is 0 Å². The van der Waals surface area contributed by atoms with Gasteiger partial charge in [-0.15, -0.1) is 0 Å². The van der Waals surface area contributed by atoms with E-state index >= 15 is 0 Å². The van der Waals surface area contributed by atoms with Crippen molar-refractivity contribution in [1.29, 1.82) is 0 Å². The molecule has 0 saturated heterocycles. The maximum Gasteiger partial charge on any atom is 0.0740 e. The van der Waals surface area contributed by atoms with Crippen LogP contribution in [0, 0.1) is 0 Å². The SMILES string of the molecule is CCN(CCC(N)=S)Cc1cnn(C)c1. The number of hydrogen-bond acceptors (Lipinski definition) is 3. The molecule has 0 unspecified atom stereocenters. The normalized spacial score (nSPS) is 10.9. The average Bonchev–Trinajstić information content (AvgIpc) is 2.58. The summed E-state index contributed by atoms with van der Waals surface area (Å²) in [5.74, 6) is 0. The Balaban J connectivity index is 2.42. The molecule has 0 aliphatic heterocycles. The van der Waals surface area contributed by atoms with Crippen molar-refractivity contribution in [1.82, 2.24) is 14.7 Å². The van der Waals surface area contributed by atoms with Gasteiger partial charge in [0.2, 0.25) is 0 Å². The highest BCUT2D eigenvalue weighted by Crippen LogP contribution is 2.03. The Morgan fingerprint density at radius 2 is 2.40 bits per heavy atom. The van der Waals surface area contributed by atoms with E-state index in [0.29, 0.717) is 4.99 Å². The molecule has 5 heteroatoms. The number of hydrogen-bond donors (Lipinski definition) is 1. The van der Waals surface area contributed by atoms with Gasteiger partial charge in [-0.3, -0.25) is 9.58 Å². The van der Waals surface area contributed by atoms with Crippen molar-refractivity contribution < 1.29 is 0 Å². The summed E-state index contributed by atoms with van der Waals surface area (Å²) >= 11 is 4.87. The third kappa shape index (κ3) is 4.40. The molecular formula is C10H18N4S. The molecule has 2 N–H and O–H groups in total. The first-order valence-electron chi connectivity index (χ1n) is 5.10. The molecule has 0 aliphatic rings. The largest absolute Gasteiger partial charge is 0.393 e. The van der Waals surface area contributed by atoms with Crippen LogP contribution < -0.4 is 5.73 Å². The molecular weight excluding hydrogens is 208 g/mol. The number of aromatic nitrogens is 2. The quantitative estimate of drug-likeness (QED) is 0.733. The second-order valence-electron chi connectivity index (χ2n) is 3.61. The maximum absolute atomic E-state index is 5.48. The summed E-state index contributed by atoms with van der Waals surface area (Å²) in [6, 6.07) is 0. The number of nitrogens with two attached hydrogens (primary N) is 1. The molecule has 0 aromatic carbocycles. The zero-order valence-electron chi connectivity index (χ0n) is 9.31. The molecule has 15 heavy (non-hydrogen) atoms. The van der Waals surface area contributed by atoms with Crippen LogP contribution in [0.25, 0.3) is 0 Å². The molecule has 0 radical (unpaired) electrons. The fraction of sp³-hybridized carbons (Fsp3) is 0.600. The summed E-state index contributed by atoms with van der Waals surface area (Å²) in [4.78, 5) is 2.88. The van der Waals surface area contributed by atoms with Crippen molar-refractivity contribution in [2.24, 2.45) is 12.8 Å². The Hall–Kier alpha value is -0.940. The number of nitrogens with zero attached hydrogens (tertiary/aromatic N) is 3. The van der Waals surface area contributed by atoms with E-state index in [1.807, 2.05) is 24.1 Å². The van der Waals surface area contributed by atoms with Gasteiger partial charge in [-0.1, -0.05) is 19.1 Å². The third-order valence-corrected chi connectivity index (χ3v) is 2.49. The van der Waals surface area contributed by atoms with Gasteiger partial charge in [-0.05, 0) is 6.54 Å². The minimum absolute atomic E-state index is 0.583. The second-order valence-corrected chi connectivity index (χ2v) is 4.13. The minimum atomic E-state index is 0.583. The molecule has 84 valence electrons. The Bertz CT molecular complexity index is 321. The predicted octanol–water partition coefficient (Wildman–Crippen LogP) is 0.918. The van der Waals surface area contributed by atoms with Crippen molar-refractivity contribution in [3.05, 3.63) is 18.0 Å². The summed E-state index contributed by atoms with van der Waals surface area (Å²) in [7, 11) is 1.93. The average molecular weight is 226 g/mol. The second kappa shape index (κ2) is 5.82. The monoisotopic (exact) mass is 226 g/mol. The molecule has 4 nitrogen and oxygen atoms in total. The Labute approximate surface area is 96.1 Å². The third-order valence-electron chi connectivity index (χ3n) is 2.29. The summed E-state index contributed by atoms with van der Waals surface area (Å²) in [6.45, 7) is 4.96. The zero-order valence-corrected chi connectivity index (χ0v) is 10.1. The number of thiocarbonyl (C=S) groups is 1. The van der Waals surface area contributed by atoms with Crippen molar-refractivity contribution in [2.45, 2.75) is 19.9 Å². The Morgan fingerprint density at radius 3 is 2.87 bits per heavy atom. The van der Waals surface area contributed by atoms with Crippen LogP contribution in [-0.4, -0.2) is 32.8 Å². The number of rotatable bonds is 6. The first-order chi connectivity index (χ1) is 7.11. The summed E-state index contributed by atoms with van der Waals surface area (Å²) in [5, 5.41) is 4.14. The standard InChI is InChI=1S/C10H18N4S/c1-3-14(5-4-10(11)15)8-9-6-12-13(2)7-9/h6-7H,3-5,8H2,1-2H3,(H2,11,15). The molecule has 1 rings (SSSR count). The lowest BCUT2D eigenvalue weighted by Crippen LogP contribution is -2.26. The van der Waals surface area contributed by atoms with Crippen LogP contribution in [0.3, 0.4) is 0 Å². The van der Waals surface area contributed by atoms with Crippen LogP contribution in [0.1, 0.15) is 18.9 Å². The van der Waals surface area contributed by atoms with Gasteiger partial charge in [-0.2, -0.15) is 5.10 Å². The van der Waals surface area contributed by atoms with Gasteiger partial charge >= 0.3 is 0 Å². The highest BCUT2D eigenvalue weighted by Gasteiger charge is 2.05. The Morgan fingerprint density at radius 1 is 1.67 bits per heavy atom. The lowest BCUT2D eigenvalue weighted by atomic mass is 10.3. The number of aryl methyl sites for hydroxylation is 1. The fourth-order valence-corrected chi connectivity index (χ4v) is 1.52. The molecule has 1 aromatic heterocycles. The highest BCUT2D eigenvalue weighted by atomic mass is 32.1. The van der Waals surface area contributed by atoms with Crippen molar-refractivity contribution in [2.75, 3.05) is 13.1 Å². The van der Waals surface area contributed by atoms with E-state index in [4.69, 9.17) is 18.0 Å². The van der Waals surface area contributed by atoms with Gasteiger partial charge in [0.1, 0.15) is 0 Å². The van der Waals surface area contributed by atoms with Gasteiger partial charge in [0, 0.05) is 38.3 Å². The Kier molecular flexibility index (Phi) is 4.71. The first-order valence-corrected chi connectivity index (χ1v) is 5.50. The molecule has 1 aromatic rings. The lowest BCUT2D eigenvalue weighted by Gasteiger charge is -2.18. The van der Waals surface area contributed by atoms with Gasteiger partial charge in [-0.25, -0.2) is 0 Å². The van der Waals surface area contributed by atoms with Crippen LogP contribution in [0.5, 0.6) is 0 Å². The molecule has 0 fully saturated rings. The minimum Gasteiger partial charge on any atom is -0.393 e. The van der Waals surface area contributed by atoms with Crippen molar-refractivity contribution >= 4 is 17.2 Å². The molecule has 0 atom stereocenters. The van der Waals surface area contributed by atoms with E-state index in [9.17, 15) is 0 Å². The fourth-order valence-electron chi connectivity index (χ4n) is 1.43. The maximum atomic E-state index is 5.48. The van der Waals surface area contributed by atoms with Crippen LogP contribution in [0.15, 0.2) is 12.4 Å². The molecule has 1 heterocycles. The topological polar surface area (TPSA) is 47.1 Å². The lowest BCUT2D eigenvalue weighted by molar-refractivity contribution is 0.288. The summed E-state index contributed by atoms with van der Waals surface area (Å²) in [6.07, 6.45) is 4.70. The van der Waals surface area contributed by atoms with Gasteiger partial charge in [0.05, 0.1) is 11.2 Å². The van der Waals surface area contributed by atoms with Crippen LogP contribution in [0.2, 0.25) is 0 Å².